The fraction of sp³-hybridized carbons (Fsp3) is 0.176. The smallest absolute Gasteiger partial charge is 0.257 e. The Hall–Kier alpha value is -2.27. The summed E-state index contributed by atoms with van der Waals surface area (Å²) in [6.07, 6.45) is 0. The number of ether oxygens (including phenoxy) is 1. The molecule has 22 heavy (non-hydrogen) atoms. The molecule has 1 unspecified atom stereocenters. The van der Waals surface area contributed by atoms with Gasteiger partial charge in [0.1, 0.15) is 11.3 Å². The SMILES string of the molecule is COc1ccc(C(=O)C(C)Sc2nc3ccccc3o2)cc1. The van der Waals surface area contributed by atoms with E-state index in [2.05, 4.69) is 4.98 Å². The average molecular weight is 313 g/mol. The van der Waals surface area contributed by atoms with Crippen LogP contribution < -0.4 is 4.74 Å². The van der Waals surface area contributed by atoms with Crippen molar-refractivity contribution in [3.63, 3.8) is 0 Å². The Labute approximate surface area is 132 Å². The number of benzene rings is 2. The molecule has 0 aliphatic carbocycles. The first-order valence-corrected chi connectivity index (χ1v) is 7.76. The molecule has 3 rings (SSSR count). The molecule has 0 aliphatic rings. The van der Waals surface area contributed by atoms with E-state index in [0.29, 0.717) is 10.8 Å². The minimum absolute atomic E-state index is 0.0370. The molecule has 0 aliphatic heterocycles. The average Bonchev–Trinajstić information content (AvgIpc) is 2.96. The van der Waals surface area contributed by atoms with Crippen LogP contribution in [0.15, 0.2) is 58.2 Å². The van der Waals surface area contributed by atoms with Gasteiger partial charge in [-0.25, -0.2) is 4.98 Å². The van der Waals surface area contributed by atoms with Crippen molar-refractivity contribution in [2.75, 3.05) is 7.11 Å². The molecule has 2 aromatic carbocycles. The van der Waals surface area contributed by atoms with Gasteiger partial charge in [0.2, 0.25) is 0 Å². The Morgan fingerprint density at radius 1 is 1.18 bits per heavy atom. The number of thioether (sulfide) groups is 1. The van der Waals surface area contributed by atoms with Gasteiger partial charge in [0.25, 0.3) is 5.22 Å². The largest absolute Gasteiger partial charge is 0.497 e. The van der Waals surface area contributed by atoms with Gasteiger partial charge in [-0.2, -0.15) is 0 Å². The van der Waals surface area contributed by atoms with Gasteiger partial charge in [0.05, 0.1) is 12.4 Å². The summed E-state index contributed by atoms with van der Waals surface area (Å²) in [5.74, 6) is 0.769. The van der Waals surface area contributed by atoms with Crippen molar-refractivity contribution >= 4 is 28.6 Å². The number of carbonyl (C=O) groups excluding carboxylic acids is 1. The van der Waals surface area contributed by atoms with Crippen molar-refractivity contribution in [3.05, 3.63) is 54.1 Å². The van der Waals surface area contributed by atoms with E-state index in [1.54, 1.807) is 31.4 Å². The van der Waals surface area contributed by atoms with E-state index in [-0.39, 0.29) is 11.0 Å². The van der Waals surface area contributed by atoms with Crippen LogP contribution in [0.5, 0.6) is 5.75 Å². The Morgan fingerprint density at radius 3 is 2.59 bits per heavy atom. The van der Waals surface area contributed by atoms with E-state index in [1.165, 1.54) is 11.8 Å². The van der Waals surface area contributed by atoms with Crippen LogP contribution in [0.25, 0.3) is 11.1 Å². The zero-order valence-electron chi connectivity index (χ0n) is 12.3. The Kier molecular flexibility index (Phi) is 4.15. The topological polar surface area (TPSA) is 52.3 Å². The lowest BCUT2D eigenvalue weighted by molar-refractivity contribution is 0.0993. The minimum atomic E-state index is -0.276. The molecular formula is C17H15NO3S. The molecule has 0 N–H and O–H groups in total. The molecule has 0 fully saturated rings. The second-order valence-corrected chi connectivity index (χ2v) is 6.09. The van der Waals surface area contributed by atoms with E-state index < -0.39 is 0 Å². The van der Waals surface area contributed by atoms with Gasteiger partial charge in [0, 0.05) is 5.56 Å². The molecule has 0 saturated carbocycles. The Balaban J connectivity index is 1.74. The number of hydrogen-bond donors (Lipinski definition) is 0. The summed E-state index contributed by atoms with van der Waals surface area (Å²) < 4.78 is 10.7. The van der Waals surface area contributed by atoms with Gasteiger partial charge >= 0.3 is 0 Å². The van der Waals surface area contributed by atoms with Crippen molar-refractivity contribution in [2.24, 2.45) is 0 Å². The van der Waals surface area contributed by atoms with Gasteiger partial charge < -0.3 is 9.15 Å². The molecule has 0 spiro atoms. The number of hydrogen-bond acceptors (Lipinski definition) is 5. The van der Waals surface area contributed by atoms with E-state index in [0.717, 1.165) is 16.8 Å². The molecule has 3 aromatic rings. The summed E-state index contributed by atoms with van der Waals surface area (Å²) >= 11 is 1.32. The Bertz CT molecular complexity index is 762. The summed E-state index contributed by atoms with van der Waals surface area (Å²) in [6, 6.07) is 14.7. The molecule has 1 heterocycles. The van der Waals surface area contributed by atoms with Crippen LogP contribution in [-0.4, -0.2) is 23.1 Å². The van der Waals surface area contributed by atoms with Crippen molar-refractivity contribution in [1.82, 2.24) is 4.98 Å². The maximum absolute atomic E-state index is 12.4. The number of aromatic nitrogens is 1. The maximum atomic E-state index is 12.4. The number of fused-ring (bicyclic) bond motifs is 1. The molecular weight excluding hydrogens is 298 g/mol. The molecule has 0 bridgehead atoms. The lowest BCUT2D eigenvalue weighted by Crippen LogP contribution is -2.13. The highest BCUT2D eigenvalue weighted by molar-refractivity contribution is 8.00. The highest BCUT2D eigenvalue weighted by atomic mass is 32.2. The van der Waals surface area contributed by atoms with Gasteiger partial charge in [-0.05, 0) is 43.3 Å². The Morgan fingerprint density at radius 2 is 1.91 bits per heavy atom. The third-order valence-corrected chi connectivity index (χ3v) is 4.24. The number of carbonyl (C=O) groups is 1. The fourth-order valence-corrected chi connectivity index (χ4v) is 2.93. The lowest BCUT2D eigenvalue weighted by Gasteiger charge is -2.08. The first-order valence-electron chi connectivity index (χ1n) is 6.88. The van der Waals surface area contributed by atoms with Crippen LogP contribution >= 0.6 is 11.8 Å². The van der Waals surface area contributed by atoms with Gasteiger partial charge in [-0.15, -0.1) is 0 Å². The van der Waals surface area contributed by atoms with Gasteiger partial charge in [-0.3, -0.25) is 4.79 Å². The molecule has 0 amide bonds. The van der Waals surface area contributed by atoms with Crippen LogP contribution in [0.1, 0.15) is 17.3 Å². The molecule has 0 saturated heterocycles. The van der Waals surface area contributed by atoms with Crippen LogP contribution in [0.2, 0.25) is 0 Å². The molecule has 5 heteroatoms. The van der Waals surface area contributed by atoms with Gasteiger partial charge in [0.15, 0.2) is 11.4 Å². The molecule has 1 aromatic heterocycles. The van der Waals surface area contributed by atoms with Crippen LogP contribution in [0.3, 0.4) is 0 Å². The highest BCUT2D eigenvalue weighted by Gasteiger charge is 2.19. The predicted octanol–water partition coefficient (Wildman–Crippen LogP) is 4.20. The number of Topliss-reactive ketones (excluding diaryl/α,β-unsaturated/α-hetero) is 1. The van der Waals surface area contributed by atoms with Crippen molar-refractivity contribution in [1.29, 1.82) is 0 Å². The van der Waals surface area contributed by atoms with Crippen LogP contribution in [-0.2, 0) is 0 Å². The summed E-state index contributed by atoms with van der Waals surface area (Å²) in [4.78, 5) is 16.8. The number of nitrogens with zero attached hydrogens (tertiary/aromatic N) is 1. The highest BCUT2D eigenvalue weighted by Crippen LogP contribution is 2.28. The number of rotatable bonds is 5. The van der Waals surface area contributed by atoms with Gasteiger partial charge in [-0.1, -0.05) is 23.9 Å². The molecule has 4 nitrogen and oxygen atoms in total. The second kappa shape index (κ2) is 6.23. The van der Waals surface area contributed by atoms with Crippen LogP contribution in [0, 0.1) is 0 Å². The third-order valence-electron chi connectivity index (χ3n) is 3.30. The van der Waals surface area contributed by atoms with E-state index >= 15 is 0 Å². The van der Waals surface area contributed by atoms with Crippen molar-refractivity contribution in [2.45, 2.75) is 17.4 Å². The van der Waals surface area contributed by atoms with E-state index in [1.807, 2.05) is 31.2 Å². The first kappa shape index (κ1) is 14.7. The number of methoxy groups -OCH3 is 1. The monoisotopic (exact) mass is 313 g/mol. The quantitative estimate of drug-likeness (QED) is 0.522. The molecule has 0 radical (unpaired) electrons. The van der Waals surface area contributed by atoms with Crippen LogP contribution in [0.4, 0.5) is 0 Å². The second-order valence-electron chi connectivity index (χ2n) is 4.80. The zero-order chi connectivity index (χ0) is 15.5. The minimum Gasteiger partial charge on any atom is -0.497 e. The summed E-state index contributed by atoms with van der Waals surface area (Å²) in [5, 5.41) is 0.233. The maximum Gasteiger partial charge on any atom is 0.257 e. The standard InChI is InChI=1S/C17H15NO3S/c1-11(16(19)12-7-9-13(20-2)10-8-12)22-17-18-14-5-3-4-6-15(14)21-17/h3-11H,1-2H3. The fourth-order valence-electron chi connectivity index (χ4n) is 2.10. The van der Waals surface area contributed by atoms with E-state index in [9.17, 15) is 4.79 Å². The number of oxazole rings is 1. The lowest BCUT2D eigenvalue weighted by atomic mass is 10.1. The summed E-state index contributed by atoms with van der Waals surface area (Å²) in [7, 11) is 1.60. The summed E-state index contributed by atoms with van der Waals surface area (Å²) in [6.45, 7) is 1.85. The predicted molar refractivity (Wildman–Crippen MR) is 86.7 cm³/mol. The molecule has 112 valence electrons. The first-order chi connectivity index (χ1) is 10.7. The van der Waals surface area contributed by atoms with E-state index in [4.69, 9.17) is 9.15 Å². The number of para-hydroxylation sites is 2. The molecule has 1 atom stereocenters. The third kappa shape index (κ3) is 2.99. The van der Waals surface area contributed by atoms with Crippen molar-refractivity contribution in [3.8, 4) is 5.75 Å². The number of ketones is 1. The zero-order valence-corrected chi connectivity index (χ0v) is 13.1. The normalized spacial score (nSPS) is 12.3. The summed E-state index contributed by atoms with van der Waals surface area (Å²) in [5.41, 5.74) is 2.18. The van der Waals surface area contributed by atoms with Crippen molar-refractivity contribution < 1.29 is 13.9 Å².